The van der Waals surface area contributed by atoms with Crippen molar-refractivity contribution in [2.75, 3.05) is 19.6 Å². The van der Waals surface area contributed by atoms with Gasteiger partial charge in [0, 0.05) is 6.04 Å². The lowest BCUT2D eigenvalue weighted by Gasteiger charge is -2.30. The molecule has 0 aromatic heterocycles. The molecule has 24 heavy (non-hydrogen) atoms. The van der Waals surface area contributed by atoms with Crippen LogP contribution in [-0.4, -0.2) is 58.9 Å². The van der Waals surface area contributed by atoms with Gasteiger partial charge in [0.25, 0.3) is 0 Å². The fourth-order valence-electron chi connectivity index (χ4n) is 2.15. The second-order valence-corrected chi connectivity index (χ2v) is 5.42. The van der Waals surface area contributed by atoms with Crippen molar-refractivity contribution in [2.45, 2.75) is 25.1 Å². The molecule has 1 saturated heterocycles. The second-order valence-electron chi connectivity index (χ2n) is 5.42. The standard InChI is InChI=1S/C8H6O4.C7H13F3N2/c9-7(10)5-2-1-3-6(4-5)8(11)12;8-7(9,10)5-12-3-1-6(11)2-4-12/h1-4H,(H,9,10)(H,11,12);6H,1-5,11H2. The number of aromatic carboxylic acids is 2. The highest BCUT2D eigenvalue weighted by Gasteiger charge is 2.31. The first-order valence-electron chi connectivity index (χ1n) is 7.20. The maximum absolute atomic E-state index is 11.9. The van der Waals surface area contributed by atoms with Gasteiger partial charge < -0.3 is 15.9 Å². The summed E-state index contributed by atoms with van der Waals surface area (Å²) in [4.78, 5) is 22.2. The van der Waals surface area contributed by atoms with Crippen molar-refractivity contribution >= 4 is 11.9 Å². The van der Waals surface area contributed by atoms with E-state index in [1.165, 1.54) is 23.1 Å². The summed E-state index contributed by atoms with van der Waals surface area (Å²) in [7, 11) is 0. The maximum Gasteiger partial charge on any atom is 0.401 e. The van der Waals surface area contributed by atoms with Crippen molar-refractivity contribution in [3.8, 4) is 0 Å². The lowest BCUT2D eigenvalue weighted by molar-refractivity contribution is -0.147. The SMILES string of the molecule is NC1CCN(CC(F)(F)F)CC1.O=C(O)c1cccc(C(=O)O)c1. The fourth-order valence-corrected chi connectivity index (χ4v) is 2.15. The minimum absolute atomic E-state index is 0.0186. The van der Waals surface area contributed by atoms with Crippen LogP contribution in [0.2, 0.25) is 0 Å². The molecule has 0 bridgehead atoms. The van der Waals surface area contributed by atoms with E-state index in [4.69, 9.17) is 15.9 Å². The molecule has 9 heteroatoms. The molecule has 1 aliphatic heterocycles. The number of carboxylic acids is 2. The molecule has 0 spiro atoms. The van der Waals surface area contributed by atoms with Gasteiger partial charge in [-0.15, -0.1) is 0 Å². The topological polar surface area (TPSA) is 104 Å². The van der Waals surface area contributed by atoms with Gasteiger partial charge >= 0.3 is 18.1 Å². The second kappa shape index (κ2) is 8.65. The molecule has 1 aromatic rings. The summed E-state index contributed by atoms with van der Waals surface area (Å²) in [6, 6.07) is 5.29. The van der Waals surface area contributed by atoms with Gasteiger partial charge in [0.2, 0.25) is 0 Å². The quantitative estimate of drug-likeness (QED) is 0.772. The Morgan fingerprint density at radius 2 is 1.58 bits per heavy atom. The molecule has 0 atom stereocenters. The number of nitrogens with zero attached hydrogens (tertiary/aromatic N) is 1. The third kappa shape index (κ3) is 7.42. The highest BCUT2D eigenvalue weighted by Crippen LogP contribution is 2.19. The molecule has 1 aromatic carbocycles. The average molecular weight is 348 g/mol. The zero-order chi connectivity index (χ0) is 18.3. The molecule has 4 N–H and O–H groups in total. The smallest absolute Gasteiger partial charge is 0.401 e. The van der Waals surface area contributed by atoms with Crippen LogP contribution in [0, 0.1) is 0 Å². The summed E-state index contributed by atoms with van der Waals surface area (Å²) in [5.41, 5.74) is 5.52. The van der Waals surface area contributed by atoms with Crippen LogP contribution in [0.1, 0.15) is 33.6 Å². The molecule has 1 aliphatic rings. The third-order valence-corrected chi connectivity index (χ3v) is 3.39. The Morgan fingerprint density at radius 3 is 1.96 bits per heavy atom. The van der Waals surface area contributed by atoms with Gasteiger partial charge in [-0.3, -0.25) is 4.90 Å². The molecule has 6 nitrogen and oxygen atoms in total. The molecule has 0 aliphatic carbocycles. The third-order valence-electron chi connectivity index (χ3n) is 3.39. The first-order valence-corrected chi connectivity index (χ1v) is 7.20. The van der Waals surface area contributed by atoms with E-state index in [1.807, 2.05) is 0 Å². The largest absolute Gasteiger partial charge is 0.478 e. The first kappa shape index (κ1) is 19.9. The van der Waals surface area contributed by atoms with E-state index in [2.05, 4.69) is 0 Å². The van der Waals surface area contributed by atoms with E-state index in [-0.39, 0.29) is 17.2 Å². The van der Waals surface area contributed by atoms with Gasteiger partial charge in [-0.1, -0.05) is 6.07 Å². The van der Waals surface area contributed by atoms with Crippen LogP contribution in [0.3, 0.4) is 0 Å². The molecule has 134 valence electrons. The number of carboxylic acid groups (broad SMARTS) is 2. The molecule has 2 rings (SSSR count). The van der Waals surface area contributed by atoms with Gasteiger partial charge in [-0.25, -0.2) is 9.59 Å². The zero-order valence-corrected chi connectivity index (χ0v) is 12.8. The minimum Gasteiger partial charge on any atom is -0.478 e. The minimum atomic E-state index is -4.07. The van der Waals surface area contributed by atoms with E-state index in [0.717, 1.165) is 6.07 Å². The predicted molar refractivity (Wildman–Crippen MR) is 80.1 cm³/mol. The van der Waals surface area contributed by atoms with Crippen molar-refractivity contribution < 1.29 is 33.0 Å². The van der Waals surface area contributed by atoms with Crippen LogP contribution >= 0.6 is 0 Å². The Kier molecular flexibility index (Phi) is 7.18. The molecule has 0 unspecified atom stereocenters. The van der Waals surface area contributed by atoms with E-state index >= 15 is 0 Å². The molecular formula is C15H19F3N2O4. The van der Waals surface area contributed by atoms with E-state index < -0.39 is 24.7 Å². The molecule has 1 fully saturated rings. The number of carbonyl (C=O) groups is 2. The molecular weight excluding hydrogens is 329 g/mol. The summed E-state index contributed by atoms with van der Waals surface area (Å²) in [5, 5.41) is 17.0. The summed E-state index contributed by atoms with van der Waals surface area (Å²) in [6.45, 7) is 0.154. The molecule has 0 amide bonds. The van der Waals surface area contributed by atoms with Gasteiger partial charge in [0.05, 0.1) is 17.7 Å². The monoisotopic (exact) mass is 348 g/mol. The number of rotatable bonds is 3. The van der Waals surface area contributed by atoms with Gasteiger partial charge in [-0.2, -0.15) is 13.2 Å². The Bertz CT molecular complexity index is 541. The van der Waals surface area contributed by atoms with Crippen molar-refractivity contribution in [3.05, 3.63) is 35.4 Å². The summed E-state index contributed by atoms with van der Waals surface area (Å²) in [6.07, 6.45) is -2.71. The summed E-state index contributed by atoms with van der Waals surface area (Å²) < 4.78 is 35.6. The van der Waals surface area contributed by atoms with E-state index in [0.29, 0.717) is 25.9 Å². The number of alkyl halides is 3. The molecule has 0 radical (unpaired) electrons. The van der Waals surface area contributed by atoms with Gasteiger partial charge in [0.15, 0.2) is 0 Å². The van der Waals surface area contributed by atoms with Crippen LogP contribution in [0.4, 0.5) is 13.2 Å². The van der Waals surface area contributed by atoms with Crippen molar-refractivity contribution in [3.63, 3.8) is 0 Å². The summed E-state index contributed by atoms with van der Waals surface area (Å²) >= 11 is 0. The Labute approximate surface area is 136 Å². The lowest BCUT2D eigenvalue weighted by Crippen LogP contribution is -2.43. The van der Waals surface area contributed by atoms with Crippen LogP contribution in [0.15, 0.2) is 24.3 Å². The normalized spacial score (nSPS) is 16.2. The van der Waals surface area contributed by atoms with E-state index in [9.17, 15) is 22.8 Å². The number of likely N-dealkylation sites (tertiary alicyclic amines) is 1. The number of hydrogen-bond donors (Lipinski definition) is 3. The zero-order valence-electron chi connectivity index (χ0n) is 12.8. The maximum atomic E-state index is 11.9. The number of halogens is 3. The first-order chi connectivity index (χ1) is 11.1. The Hall–Kier alpha value is -2.13. The summed E-state index contributed by atoms with van der Waals surface area (Å²) in [5.74, 6) is -2.25. The van der Waals surface area contributed by atoms with Crippen LogP contribution in [-0.2, 0) is 0 Å². The highest BCUT2D eigenvalue weighted by molar-refractivity contribution is 5.93. The Balaban J connectivity index is 0.000000240. The number of hydrogen-bond acceptors (Lipinski definition) is 4. The number of benzene rings is 1. The Morgan fingerprint density at radius 1 is 1.12 bits per heavy atom. The number of nitrogens with two attached hydrogens (primary N) is 1. The highest BCUT2D eigenvalue weighted by atomic mass is 19.4. The van der Waals surface area contributed by atoms with E-state index in [1.54, 1.807) is 0 Å². The van der Waals surface area contributed by atoms with Gasteiger partial charge in [0.1, 0.15) is 0 Å². The average Bonchev–Trinajstić information content (AvgIpc) is 2.49. The van der Waals surface area contributed by atoms with Crippen LogP contribution in [0.25, 0.3) is 0 Å². The van der Waals surface area contributed by atoms with Crippen molar-refractivity contribution in [1.82, 2.24) is 4.90 Å². The van der Waals surface area contributed by atoms with Crippen molar-refractivity contribution in [2.24, 2.45) is 5.73 Å². The predicted octanol–water partition coefficient (Wildman–Crippen LogP) is 2.05. The number of piperidine rings is 1. The van der Waals surface area contributed by atoms with Crippen LogP contribution in [0.5, 0.6) is 0 Å². The lowest BCUT2D eigenvalue weighted by atomic mass is 10.1. The fraction of sp³-hybridized carbons (Fsp3) is 0.467. The molecule has 1 heterocycles. The van der Waals surface area contributed by atoms with Gasteiger partial charge in [-0.05, 0) is 44.1 Å². The molecule has 0 saturated carbocycles. The van der Waals surface area contributed by atoms with Crippen molar-refractivity contribution in [1.29, 1.82) is 0 Å². The van der Waals surface area contributed by atoms with Crippen LogP contribution < -0.4 is 5.73 Å².